The molecule has 1 aromatic heterocycles. The number of aromatic nitrogens is 1. The smallest absolute Gasteiger partial charge is 0.297 e. The van der Waals surface area contributed by atoms with E-state index in [2.05, 4.69) is 26.9 Å². The highest BCUT2D eigenvalue weighted by molar-refractivity contribution is 6.16. The first kappa shape index (κ1) is 14.1. The quantitative estimate of drug-likeness (QED) is 0.813. The Bertz CT molecular complexity index is 577. The largest absolute Gasteiger partial charge is 0.497 e. The molecule has 6 heteroatoms. The summed E-state index contributed by atoms with van der Waals surface area (Å²) >= 11 is 5.75. The van der Waals surface area contributed by atoms with E-state index in [0.717, 1.165) is 37.6 Å². The lowest BCUT2D eigenvalue weighted by Crippen LogP contribution is -2.46. The van der Waals surface area contributed by atoms with Crippen molar-refractivity contribution in [3.05, 3.63) is 36.2 Å². The monoisotopic (exact) mass is 307 g/mol. The van der Waals surface area contributed by atoms with Crippen molar-refractivity contribution in [3.8, 4) is 5.75 Å². The minimum Gasteiger partial charge on any atom is -0.497 e. The van der Waals surface area contributed by atoms with Crippen LogP contribution in [0.1, 0.15) is 5.69 Å². The number of piperazine rings is 1. The van der Waals surface area contributed by atoms with E-state index < -0.39 is 0 Å². The van der Waals surface area contributed by atoms with Gasteiger partial charge < -0.3 is 19.0 Å². The van der Waals surface area contributed by atoms with E-state index in [1.165, 1.54) is 5.69 Å². The van der Waals surface area contributed by atoms with Gasteiger partial charge >= 0.3 is 0 Å². The van der Waals surface area contributed by atoms with Gasteiger partial charge in [0.05, 0.1) is 18.7 Å². The number of ether oxygens (including phenoxy) is 1. The van der Waals surface area contributed by atoms with Crippen molar-refractivity contribution < 1.29 is 9.15 Å². The SMILES string of the molecule is COc1ccc(N2CCN(c3nc(CCl)co3)CC2)cc1. The Morgan fingerprint density at radius 2 is 1.81 bits per heavy atom. The van der Waals surface area contributed by atoms with E-state index in [0.29, 0.717) is 11.9 Å². The molecule has 0 bridgehead atoms. The summed E-state index contributed by atoms with van der Waals surface area (Å²) in [5, 5.41) is 0. The average molecular weight is 308 g/mol. The van der Waals surface area contributed by atoms with Gasteiger partial charge in [0.2, 0.25) is 0 Å². The van der Waals surface area contributed by atoms with E-state index in [4.69, 9.17) is 20.8 Å². The molecule has 21 heavy (non-hydrogen) atoms. The van der Waals surface area contributed by atoms with Crippen LogP contribution in [0.2, 0.25) is 0 Å². The minimum atomic E-state index is 0.384. The maximum absolute atomic E-state index is 5.75. The third kappa shape index (κ3) is 3.08. The van der Waals surface area contributed by atoms with Gasteiger partial charge in [-0.15, -0.1) is 11.6 Å². The standard InChI is InChI=1S/C15H18ClN3O2/c1-20-14-4-2-13(3-5-14)18-6-8-19(9-7-18)15-17-12(10-16)11-21-15/h2-5,11H,6-10H2,1H3. The van der Waals surface area contributed by atoms with E-state index >= 15 is 0 Å². The summed E-state index contributed by atoms with van der Waals surface area (Å²) in [7, 11) is 1.68. The second-order valence-corrected chi connectivity index (χ2v) is 5.19. The van der Waals surface area contributed by atoms with Crippen molar-refractivity contribution in [1.82, 2.24) is 4.98 Å². The molecule has 2 aromatic rings. The van der Waals surface area contributed by atoms with Crippen molar-refractivity contribution in [3.63, 3.8) is 0 Å². The highest BCUT2D eigenvalue weighted by Gasteiger charge is 2.20. The Kier molecular flexibility index (Phi) is 4.20. The molecule has 1 fully saturated rings. The van der Waals surface area contributed by atoms with Crippen molar-refractivity contribution in [2.24, 2.45) is 0 Å². The predicted molar refractivity (Wildman–Crippen MR) is 83.5 cm³/mol. The number of oxazole rings is 1. The zero-order valence-corrected chi connectivity index (χ0v) is 12.7. The predicted octanol–water partition coefficient (Wildman–Crippen LogP) is 2.75. The van der Waals surface area contributed by atoms with Gasteiger partial charge in [0.25, 0.3) is 6.01 Å². The fourth-order valence-electron chi connectivity index (χ4n) is 2.45. The summed E-state index contributed by atoms with van der Waals surface area (Å²) in [5.41, 5.74) is 1.99. The maximum Gasteiger partial charge on any atom is 0.297 e. The number of hydrogen-bond donors (Lipinski definition) is 0. The van der Waals surface area contributed by atoms with E-state index in [-0.39, 0.29) is 0 Å². The summed E-state index contributed by atoms with van der Waals surface area (Å²) in [5.74, 6) is 1.26. The second kappa shape index (κ2) is 6.26. The molecule has 1 aromatic carbocycles. The van der Waals surface area contributed by atoms with E-state index in [1.54, 1.807) is 13.4 Å². The Hall–Kier alpha value is -1.88. The maximum atomic E-state index is 5.75. The fourth-order valence-corrected chi connectivity index (χ4v) is 2.57. The second-order valence-electron chi connectivity index (χ2n) is 4.93. The number of rotatable bonds is 4. The van der Waals surface area contributed by atoms with Crippen LogP contribution in [0.5, 0.6) is 5.75 Å². The summed E-state index contributed by atoms with van der Waals surface area (Å²) in [6, 6.07) is 8.82. The zero-order chi connectivity index (χ0) is 14.7. The van der Waals surface area contributed by atoms with Crippen LogP contribution in [-0.4, -0.2) is 38.3 Å². The van der Waals surface area contributed by atoms with Gasteiger partial charge in [0, 0.05) is 31.9 Å². The number of anilines is 2. The molecule has 112 valence electrons. The number of alkyl halides is 1. The third-order valence-electron chi connectivity index (χ3n) is 3.66. The molecular formula is C15H18ClN3O2. The lowest BCUT2D eigenvalue weighted by molar-refractivity contribution is 0.415. The van der Waals surface area contributed by atoms with E-state index in [1.807, 2.05) is 12.1 Å². The Morgan fingerprint density at radius 3 is 2.38 bits per heavy atom. The lowest BCUT2D eigenvalue weighted by atomic mass is 10.2. The number of nitrogens with zero attached hydrogens (tertiary/aromatic N) is 3. The first-order chi connectivity index (χ1) is 10.3. The molecular weight excluding hydrogens is 290 g/mol. The molecule has 0 atom stereocenters. The molecule has 0 aliphatic carbocycles. The van der Waals surface area contributed by atoms with Gasteiger partial charge in [-0.05, 0) is 24.3 Å². The van der Waals surface area contributed by atoms with Gasteiger partial charge in [-0.1, -0.05) is 0 Å². The van der Waals surface area contributed by atoms with Crippen LogP contribution in [0.15, 0.2) is 34.9 Å². The molecule has 1 aliphatic rings. The summed E-state index contributed by atoms with van der Waals surface area (Å²) in [4.78, 5) is 8.86. The van der Waals surface area contributed by atoms with Crippen molar-refractivity contribution in [2.75, 3.05) is 43.1 Å². The summed E-state index contributed by atoms with van der Waals surface area (Å²) in [6.07, 6.45) is 1.62. The van der Waals surface area contributed by atoms with Gasteiger partial charge in [-0.3, -0.25) is 0 Å². The number of hydrogen-bond acceptors (Lipinski definition) is 5. The normalized spacial score (nSPS) is 15.3. The third-order valence-corrected chi connectivity index (χ3v) is 3.94. The van der Waals surface area contributed by atoms with Crippen LogP contribution < -0.4 is 14.5 Å². The van der Waals surface area contributed by atoms with Crippen LogP contribution in [0.3, 0.4) is 0 Å². The summed E-state index contributed by atoms with van der Waals surface area (Å²) < 4.78 is 10.6. The van der Waals surface area contributed by atoms with Crippen molar-refractivity contribution >= 4 is 23.3 Å². The van der Waals surface area contributed by atoms with Crippen LogP contribution in [-0.2, 0) is 5.88 Å². The molecule has 0 radical (unpaired) electrons. The van der Waals surface area contributed by atoms with Crippen molar-refractivity contribution in [1.29, 1.82) is 0 Å². The van der Waals surface area contributed by atoms with E-state index in [9.17, 15) is 0 Å². The van der Waals surface area contributed by atoms with Crippen LogP contribution >= 0.6 is 11.6 Å². The van der Waals surface area contributed by atoms with Gasteiger partial charge in [0.15, 0.2) is 0 Å². The van der Waals surface area contributed by atoms with Crippen LogP contribution in [0.25, 0.3) is 0 Å². The van der Waals surface area contributed by atoms with Gasteiger partial charge in [-0.2, -0.15) is 4.98 Å². The molecule has 1 saturated heterocycles. The number of benzene rings is 1. The molecule has 0 N–H and O–H groups in total. The highest BCUT2D eigenvalue weighted by Crippen LogP contribution is 2.22. The zero-order valence-electron chi connectivity index (χ0n) is 12.0. The molecule has 0 amide bonds. The Balaban J connectivity index is 1.61. The molecule has 0 saturated carbocycles. The van der Waals surface area contributed by atoms with Crippen LogP contribution in [0, 0.1) is 0 Å². The molecule has 0 spiro atoms. The van der Waals surface area contributed by atoms with Crippen LogP contribution in [0.4, 0.5) is 11.7 Å². The lowest BCUT2D eigenvalue weighted by Gasteiger charge is -2.35. The number of methoxy groups -OCH3 is 1. The summed E-state index contributed by atoms with van der Waals surface area (Å²) in [6.45, 7) is 3.64. The molecule has 2 heterocycles. The highest BCUT2D eigenvalue weighted by atomic mass is 35.5. The first-order valence-electron chi connectivity index (χ1n) is 6.94. The molecule has 3 rings (SSSR count). The number of halogens is 1. The Morgan fingerprint density at radius 1 is 1.14 bits per heavy atom. The topological polar surface area (TPSA) is 41.7 Å². The molecule has 5 nitrogen and oxygen atoms in total. The first-order valence-corrected chi connectivity index (χ1v) is 7.48. The Labute approximate surface area is 129 Å². The van der Waals surface area contributed by atoms with Gasteiger partial charge in [-0.25, -0.2) is 0 Å². The molecule has 0 unspecified atom stereocenters. The van der Waals surface area contributed by atoms with Gasteiger partial charge in [0.1, 0.15) is 12.0 Å². The minimum absolute atomic E-state index is 0.384. The molecule has 1 aliphatic heterocycles. The fraction of sp³-hybridized carbons (Fsp3) is 0.400. The van der Waals surface area contributed by atoms with Crippen molar-refractivity contribution in [2.45, 2.75) is 5.88 Å². The average Bonchev–Trinajstić information content (AvgIpc) is 3.04.